The van der Waals surface area contributed by atoms with Crippen molar-refractivity contribution in [3.8, 4) is 0 Å². The lowest BCUT2D eigenvalue weighted by molar-refractivity contribution is -0.145. The minimum atomic E-state index is -4.65. The summed E-state index contributed by atoms with van der Waals surface area (Å²) in [7, 11) is 0. The van der Waals surface area contributed by atoms with Crippen molar-refractivity contribution in [3.05, 3.63) is 57.5 Å². The summed E-state index contributed by atoms with van der Waals surface area (Å²) in [4.78, 5) is 23.2. The monoisotopic (exact) mass is 310 g/mol. The molecule has 0 radical (unpaired) electrons. The van der Waals surface area contributed by atoms with E-state index in [9.17, 15) is 18.0 Å². The number of fused-ring (bicyclic) bond motifs is 1. The normalized spacial score (nSPS) is 15.6. The quantitative estimate of drug-likeness (QED) is 0.918. The predicted molar refractivity (Wildman–Crippen MR) is 71.9 cm³/mol. The minimum Gasteiger partial charge on any atom is -0.303 e. The lowest BCUT2D eigenvalue weighted by atomic mass is 10.1. The standard InChI is InChI=1S/C14H13F3N4O/c15-14(16,17)13-19-11-8-21(5-3-10(11)12(22)20-13)7-9-2-1-4-18-6-9/h1-2,4,6H,3,5,7-8H2,(H,19,20,22). The van der Waals surface area contributed by atoms with E-state index in [4.69, 9.17) is 0 Å². The van der Waals surface area contributed by atoms with E-state index in [1.165, 1.54) is 0 Å². The molecule has 1 aliphatic heterocycles. The van der Waals surface area contributed by atoms with Crippen LogP contribution in [0.4, 0.5) is 13.2 Å². The molecule has 0 amide bonds. The first kappa shape index (κ1) is 14.7. The van der Waals surface area contributed by atoms with E-state index in [0.717, 1.165) is 5.56 Å². The lowest BCUT2D eigenvalue weighted by Crippen LogP contribution is -2.36. The highest BCUT2D eigenvalue weighted by atomic mass is 19.4. The second kappa shape index (κ2) is 5.53. The van der Waals surface area contributed by atoms with E-state index >= 15 is 0 Å². The molecule has 2 aromatic rings. The number of alkyl halides is 3. The summed E-state index contributed by atoms with van der Waals surface area (Å²) in [6, 6.07) is 3.70. The van der Waals surface area contributed by atoms with Gasteiger partial charge >= 0.3 is 6.18 Å². The van der Waals surface area contributed by atoms with E-state index in [-0.39, 0.29) is 12.2 Å². The highest BCUT2D eigenvalue weighted by molar-refractivity contribution is 5.22. The fraction of sp³-hybridized carbons (Fsp3) is 0.357. The molecular weight excluding hydrogens is 297 g/mol. The molecule has 0 aliphatic carbocycles. The van der Waals surface area contributed by atoms with Gasteiger partial charge in [-0.15, -0.1) is 0 Å². The van der Waals surface area contributed by atoms with Gasteiger partial charge in [0.2, 0.25) is 5.82 Å². The second-order valence-electron chi connectivity index (χ2n) is 5.16. The molecule has 22 heavy (non-hydrogen) atoms. The van der Waals surface area contributed by atoms with E-state index in [2.05, 4.69) is 9.97 Å². The number of aromatic amines is 1. The Morgan fingerprint density at radius 1 is 1.36 bits per heavy atom. The number of nitrogens with one attached hydrogen (secondary N) is 1. The lowest BCUT2D eigenvalue weighted by Gasteiger charge is -2.27. The van der Waals surface area contributed by atoms with Gasteiger partial charge < -0.3 is 4.98 Å². The molecule has 0 unspecified atom stereocenters. The smallest absolute Gasteiger partial charge is 0.303 e. The molecule has 0 aromatic carbocycles. The fourth-order valence-corrected chi connectivity index (χ4v) is 2.51. The third kappa shape index (κ3) is 3.01. The maximum Gasteiger partial charge on any atom is 0.449 e. The maximum absolute atomic E-state index is 12.7. The van der Waals surface area contributed by atoms with Gasteiger partial charge in [-0.25, -0.2) is 4.98 Å². The molecule has 116 valence electrons. The van der Waals surface area contributed by atoms with Crippen molar-refractivity contribution in [2.45, 2.75) is 25.7 Å². The van der Waals surface area contributed by atoms with Crippen LogP contribution in [0, 0.1) is 0 Å². The SMILES string of the molecule is O=c1[nH]c(C(F)(F)F)nc2c1CCN(Cc1cccnc1)C2. The molecule has 5 nitrogen and oxygen atoms in total. The zero-order chi connectivity index (χ0) is 15.7. The molecule has 1 N–H and O–H groups in total. The Hall–Kier alpha value is -2.22. The van der Waals surface area contributed by atoms with Gasteiger partial charge in [0.05, 0.1) is 5.69 Å². The van der Waals surface area contributed by atoms with Gasteiger partial charge in [0.25, 0.3) is 5.56 Å². The van der Waals surface area contributed by atoms with Crippen LogP contribution >= 0.6 is 0 Å². The first-order valence-corrected chi connectivity index (χ1v) is 6.74. The number of halogens is 3. The topological polar surface area (TPSA) is 61.9 Å². The van der Waals surface area contributed by atoms with Crippen molar-refractivity contribution >= 4 is 0 Å². The van der Waals surface area contributed by atoms with Crippen molar-refractivity contribution in [3.63, 3.8) is 0 Å². The fourth-order valence-electron chi connectivity index (χ4n) is 2.51. The van der Waals surface area contributed by atoms with Crippen LogP contribution in [0.2, 0.25) is 0 Å². The van der Waals surface area contributed by atoms with Crippen LogP contribution < -0.4 is 5.56 Å². The largest absolute Gasteiger partial charge is 0.449 e. The molecule has 0 saturated heterocycles. The summed E-state index contributed by atoms with van der Waals surface area (Å²) in [5.41, 5.74) is 0.812. The Kier molecular flexibility index (Phi) is 3.69. The maximum atomic E-state index is 12.7. The average Bonchev–Trinajstić information content (AvgIpc) is 2.47. The third-order valence-electron chi connectivity index (χ3n) is 3.55. The molecular formula is C14H13F3N4O. The molecule has 0 spiro atoms. The summed E-state index contributed by atoms with van der Waals surface area (Å²) >= 11 is 0. The van der Waals surface area contributed by atoms with Crippen LogP contribution in [-0.4, -0.2) is 26.4 Å². The number of hydrogen-bond donors (Lipinski definition) is 1. The minimum absolute atomic E-state index is 0.200. The van der Waals surface area contributed by atoms with Gasteiger partial charge in [-0.3, -0.25) is 14.7 Å². The van der Waals surface area contributed by atoms with Crippen LogP contribution in [0.1, 0.15) is 22.6 Å². The number of pyridine rings is 1. The van der Waals surface area contributed by atoms with Gasteiger partial charge in [0.15, 0.2) is 0 Å². The van der Waals surface area contributed by atoms with Gasteiger partial charge in [-0.2, -0.15) is 13.2 Å². The number of nitrogens with zero attached hydrogens (tertiary/aromatic N) is 3. The zero-order valence-electron chi connectivity index (χ0n) is 11.5. The van der Waals surface area contributed by atoms with Gasteiger partial charge in [-0.1, -0.05) is 6.07 Å². The molecule has 1 aliphatic rings. The Labute approximate surface area is 123 Å². The van der Waals surface area contributed by atoms with Crippen molar-refractivity contribution in [2.75, 3.05) is 6.54 Å². The van der Waals surface area contributed by atoms with Crippen LogP contribution in [0.3, 0.4) is 0 Å². The molecule has 3 rings (SSSR count). The Bertz CT molecular complexity index is 727. The van der Waals surface area contributed by atoms with Gasteiger partial charge in [-0.05, 0) is 18.1 Å². The van der Waals surface area contributed by atoms with E-state index < -0.39 is 17.6 Å². The first-order chi connectivity index (χ1) is 10.4. The third-order valence-corrected chi connectivity index (χ3v) is 3.55. The van der Waals surface area contributed by atoms with Crippen molar-refractivity contribution in [2.24, 2.45) is 0 Å². The number of H-pyrrole nitrogens is 1. The first-order valence-electron chi connectivity index (χ1n) is 6.74. The van der Waals surface area contributed by atoms with Crippen LogP contribution in [-0.2, 0) is 25.7 Å². The van der Waals surface area contributed by atoms with E-state index in [0.29, 0.717) is 25.1 Å². The van der Waals surface area contributed by atoms with Crippen LogP contribution in [0.5, 0.6) is 0 Å². The molecule has 0 saturated carbocycles. The number of aromatic nitrogens is 3. The molecule has 2 aromatic heterocycles. The van der Waals surface area contributed by atoms with Crippen LogP contribution in [0.25, 0.3) is 0 Å². The van der Waals surface area contributed by atoms with Gasteiger partial charge in [0.1, 0.15) is 0 Å². The number of rotatable bonds is 2. The highest BCUT2D eigenvalue weighted by Gasteiger charge is 2.35. The van der Waals surface area contributed by atoms with Crippen molar-refractivity contribution in [1.29, 1.82) is 0 Å². The van der Waals surface area contributed by atoms with E-state index in [1.807, 2.05) is 16.0 Å². The number of hydrogen-bond acceptors (Lipinski definition) is 4. The summed E-state index contributed by atoms with van der Waals surface area (Å²) in [5.74, 6) is -1.24. The second-order valence-corrected chi connectivity index (χ2v) is 5.16. The summed E-state index contributed by atoms with van der Waals surface area (Å²) in [5, 5.41) is 0. The molecule has 0 bridgehead atoms. The zero-order valence-corrected chi connectivity index (χ0v) is 11.5. The Morgan fingerprint density at radius 3 is 2.86 bits per heavy atom. The summed E-state index contributed by atoms with van der Waals surface area (Å²) in [6.45, 7) is 1.37. The highest BCUT2D eigenvalue weighted by Crippen LogP contribution is 2.26. The molecule has 0 fully saturated rings. The summed E-state index contributed by atoms with van der Waals surface area (Å²) < 4.78 is 38.2. The molecule has 8 heteroatoms. The van der Waals surface area contributed by atoms with Crippen molar-refractivity contribution in [1.82, 2.24) is 19.9 Å². The summed E-state index contributed by atoms with van der Waals surface area (Å²) in [6.07, 6.45) is -0.899. The predicted octanol–water partition coefficient (Wildman–Crippen LogP) is 1.74. The molecule has 0 atom stereocenters. The molecule has 3 heterocycles. The van der Waals surface area contributed by atoms with E-state index in [1.54, 1.807) is 18.5 Å². The average molecular weight is 310 g/mol. The van der Waals surface area contributed by atoms with Crippen LogP contribution in [0.15, 0.2) is 29.3 Å². The van der Waals surface area contributed by atoms with Crippen molar-refractivity contribution < 1.29 is 13.2 Å². The Morgan fingerprint density at radius 2 is 2.18 bits per heavy atom. The Balaban J connectivity index is 1.85. The van der Waals surface area contributed by atoms with Gasteiger partial charge in [0, 0.05) is 37.6 Å².